The highest BCUT2D eigenvalue weighted by molar-refractivity contribution is 4.99. The van der Waals surface area contributed by atoms with Crippen LogP contribution in [0, 0.1) is 12.3 Å². The first kappa shape index (κ1) is 10.7. The summed E-state index contributed by atoms with van der Waals surface area (Å²) in [7, 11) is 1.92. The third kappa shape index (κ3) is 2.86. The van der Waals surface area contributed by atoms with Crippen LogP contribution < -0.4 is 5.32 Å². The Morgan fingerprint density at radius 1 is 1.71 bits per heavy atom. The number of terminal acetylenes is 1. The van der Waals surface area contributed by atoms with E-state index in [9.17, 15) is 0 Å². The van der Waals surface area contributed by atoms with E-state index < -0.39 is 0 Å². The molecule has 0 saturated heterocycles. The van der Waals surface area contributed by atoms with Gasteiger partial charge in [0.05, 0.1) is 12.6 Å². The normalized spacial score (nSPS) is 12.4. The van der Waals surface area contributed by atoms with Crippen molar-refractivity contribution in [2.24, 2.45) is 7.05 Å². The molecule has 1 heterocycles. The van der Waals surface area contributed by atoms with Crippen LogP contribution in [0.25, 0.3) is 0 Å². The highest BCUT2D eigenvalue weighted by Gasteiger charge is 2.05. The molecule has 1 aromatic rings. The molecule has 0 aliphatic rings. The lowest BCUT2D eigenvalue weighted by atomic mass is 10.2. The van der Waals surface area contributed by atoms with Gasteiger partial charge in [0.1, 0.15) is 12.2 Å². The third-order valence-electron chi connectivity index (χ3n) is 2.09. The molecule has 1 aromatic heterocycles. The molecule has 1 unspecified atom stereocenters. The first-order valence-electron chi connectivity index (χ1n) is 4.80. The number of aromatic nitrogens is 3. The van der Waals surface area contributed by atoms with Gasteiger partial charge in [-0.05, 0) is 6.42 Å². The molecule has 1 N–H and O–H groups in total. The number of hydrogen-bond acceptors (Lipinski definition) is 3. The summed E-state index contributed by atoms with van der Waals surface area (Å²) in [5.41, 5.74) is 0. The monoisotopic (exact) mass is 192 g/mol. The minimum Gasteiger partial charge on any atom is -0.320 e. The van der Waals surface area contributed by atoms with E-state index >= 15 is 0 Å². The summed E-state index contributed by atoms with van der Waals surface area (Å²) in [6.07, 6.45) is 9.14. The van der Waals surface area contributed by atoms with Gasteiger partial charge in [-0.15, -0.1) is 16.6 Å². The van der Waals surface area contributed by atoms with Crippen molar-refractivity contribution in [1.82, 2.24) is 20.1 Å². The maximum Gasteiger partial charge on any atom is 0.146 e. The highest BCUT2D eigenvalue weighted by Crippen LogP contribution is 1.97. The lowest BCUT2D eigenvalue weighted by Crippen LogP contribution is -2.28. The topological polar surface area (TPSA) is 42.7 Å². The average molecular weight is 192 g/mol. The van der Waals surface area contributed by atoms with Crippen molar-refractivity contribution in [2.45, 2.75) is 32.4 Å². The minimum absolute atomic E-state index is 0.136. The Kier molecular flexibility index (Phi) is 4.14. The molecular weight excluding hydrogens is 176 g/mol. The van der Waals surface area contributed by atoms with E-state index in [1.165, 1.54) is 0 Å². The largest absolute Gasteiger partial charge is 0.320 e. The second kappa shape index (κ2) is 5.40. The van der Waals surface area contributed by atoms with Crippen LogP contribution in [0.3, 0.4) is 0 Å². The number of nitrogens with one attached hydrogen (secondary N) is 1. The fraction of sp³-hybridized carbons (Fsp3) is 0.600. The molecule has 4 nitrogen and oxygen atoms in total. The Hall–Kier alpha value is -1.34. The van der Waals surface area contributed by atoms with Crippen molar-refractivity contribution >= 4 is 0 Å². The summed E-state index contributed by atoms with van der Waals surface area (Å²) in [6, 6.07) is 0.136. The van der Waals surface area contributed by atoms with E-state index in [2.05, 4.69) is 28.4 Å². The maximum absolute atomic E-state index is 5.38. The summed E-state index contributed by atoms with van der Waals surface area (Å²) >= 11 is 0. The summed E-state index contributed by atoms with van der Waals surface area (Å²) in [5.74, 6) is 3.62. The third-order valence-corrected chi connectivity index (χ3v) is 2.09. The first-order valence-corrected chi connectivity index (χ1v) is 4.80. The number of hydrogen-bond donors (Lipinski definition) is 1. The molecule has 0 fully saturated rings. The Labute approximate surface area is 84.7 Å². The summed E-state index contributed by atoms with van der Waals surface area (Å²) in [4.78, 5) is 0. The van der Waals surface area contributed by atoms with Gasteiger partial charge in [-0.2, -0.15) is 0 Å². The zero-order chi connectivity index (χ0) is 10.4. The van der Waals surface area contributed by atoms with Gasteiger partial charge in [0, 0.05) is 7.05 Å². The van der Waals surface area contributed by atoms with Crippen LogP contribution in [-0.2, 0) is 13.6 Å². The Morgan fingerprint density at radius 3 is 3.00 bits per heavy atom. The van der Waals surface area contributed by atoms with Gasteiger partial charge >= 0.3 is 0 Å². The van der Waals surface area contributed by atoms with E-state index in [0.717, 1.165) is 18.7 Å². The maximum atomic E-state index is 5.38. The van der Waals surface area contributed by atoms with Gasteiger partial charge < -0.3 is 4.57 Å². The van der Waals surface area contributed by atoms with Gasteiger partial charge in [0.2, 0.25) is 0 Å². The lowest BCUT2D eigenvalue weighted by Gasteiger charge is -2.10. The van der Waals surface area contributed by atoms with E-state index in [-0.39, 0.29) is 6.04 Å². The van der Waals surface area contributed by atoms with E-state index in [4.69, 9.17) is 6.42 Å². The van der Waals surface area contributed by atoms with E-state index in [0.29, 0.717) is 6.54 Å². The lowest BCUT2D eigenvalue weighted by molar-refractivity contribution is 0.542. The predicted octanol–water partition coefficient (Wildman–Crippen LogP) is 0.707. The van der Waals surface area contributed by atoms with E-state index in [1.54, 1.807) is 6.33 Å². The summed E-state index contributed by atoms with van der Waals surface area (Å²) in [6.45, 7) is 2.79. The molecule has 0 bridgehead atoms. The molecule has 0 saturated carbocycles. The molecule has 0 aliphatic carbocycles. The number of rotatable bonds is 5. The summed E-state index contributed by atoms with van der Waals surface area (Å²) < 4.78 is 1.88. The van der Waals surface area contributed by atoms with Crippen molar-refractivity contribution < 1.29 is 0 Å². The molecule has 0 amide bonds. The standard InChI is InChI=1S/C10H16N4/c1-4-6-9(5-2)11-7-10-13-12-8-14(10)3/h2,8-9,11H,4,6-7H2,1,3H3. The molecule has 14 heavy (non-hydrogen) atoms. The second-order valence-corrected chi connectivity index (χ2v) is 3.25. The Balaban J connectivity index is 2.40. The van der Waals surface area contributed by atoms with Crippen LogP contribution in [-0.4, -0.2) is 20.8 Å². The molecule has 0 spiro atoms. The molecule has 1 atom stereocenters. The Bertz CT molecular complexity index is 310. The van der Waals surface area contributed by atoms with Gasteiger partial charge in [-0.3, -0.25) is 5.32 Å². The van der Waals surface area contributed by atoms with Crippen molar-refractivity contribution in [3.05, 3.63) is 12.2 Å². The van der Waals surface area contributed by atoms with Crippen molar-refractivity contribution in [2.75, 3.05) is 0 Å². The van der Waals surface area contributed by atoms with Crippen LogP contribution in [0.5, 0.6) is 0 Å². The van der Waals surface area contributed by atoms with Gasteiger partial charge in [-0.1, -0.05) is 19.3 Å². The van der Waals surface area contributed by atoms with Crippen LogP contribution >= 0.6 is 0 Å². The van der Waals surface area contributed by atoms with Crippen LogP contribution in [0.2, 0.25) is 0 Å². The first-order chi connectivity index (χ1) is 6.77. The molecular formula is C10H16N4. The average Bonchev–Trinajstić information content (AvgIpc) is 2.59. The molecule has 1 rings (SSSR count). The molecule has 4 heteroatoms. The quantitative estimate of drug-likeness (QED) is 0.699. The van der Waals surface area contributed by atoms with E-state index in [1.807, 2.05) is 11.6 Å². The summed E-state index contributed by atoms with van der Waals surface area (Å²) in [5, 5.41) is 11.0. The second-order valence-electron chi connectivity index (χ2n) is 3.25. The SMILES string of the molecule is C#CC(CCC)NCc1nncn1C. The fourth-order valence-electron chi connectivity index (χ4n) is 1.21. The van der Waals surface area contributed by atoms with Gasteiger partial charge in [-0.25, -0.2) is 0 Å². The number of nitrogens with zero attached hydrogens (tertiary/aromatic N) is 3. The molecule has 0 radical (unpaired) electrons. The Morgan fingerprint density at radius 2 is 2.50 bits per heavy atom. The van der Waals surface area contributed by atoms with Gasteiger partial charge in [0.15, 0.2) is 0 Å². The zero-order valence-electron chi connectivity index (χ0n) is 8.70. The minimum atomic E-state index is 0.136. The van der Waals surface area contributed by atoms with Crippen LogP contribution in [0.1, 0.15) is 25.6 Å². The molecule has 76 valence electrons. The smallest absolute Gasteiger partial charge is 0.146 e. The predicted molar refractivity (Wildman–Crippen MR) is 55.4 cm³/mol. The highest BCUT2D eigenvalue weighted by atomic mass is 15.3. The fourth-order valence-corrected chi connectivity index (χ4v) is 1.21. The van der Waals surface area contributed by atoms with Gasteiger partial charge in [0.25, 0.3) is 0 Å². The zero-order valence-corrected chi connectivity index (χ0v) is 8.70. The number of aryl methyl sites for hydroxylation is 1. The van der Waals surface area contributed by atoms with Crippen molar-refractivity contribution in [3.8, 4) is 12.3 Å². The van der Waals surface area contributed by atoms with Crippen LogP contribution in [0.15, 0.2) is 6.33 Å². The molecule has 0 aliphatic heterocycles. The van der Waals surface area contributed by atoms with Crippen molar-refractivity contribution in [1.29, 1.82) is 0 Å². The van der Waals surface area contributed by atoms with Crippen LogP contribution in [0.4, 0.5) is 0 Å². The van der Waals surface area contributed by atoms with Crippen molar-refractivity contribution in [3.63, 3.8) is 0 Å². The molecule has 0 aromatic carbocycles.